The fourth-order valence-corrected chi connectivity index (χ4v) is 5.68. The second kappa shape index (κ2) is 13.9. The lowest BCUT2D eigenvalue weighted by Crippen LogP contribution is -2.42. The number of aliphatic hydroxyl groups is 1. The van der Waals surface area contributed by atoms with E-state index in [1.165, 1.54) is 4.31 Å². The summed E-state index contributed by atoms with van der Waals surface area (Å²) in [5, 5.41) is 14.0. The number of benzene rings is 3. The maximum atomic E-state index is 13.8. The molecule has 0 aliphatic rings. The number of hydrogen-bond acceptors (Lipinski definition) is 5. The molecular formula is C29H36N2O5S. The number of amides is 1. The lowest BCUT2D eigenvalue weighted by Gasteiger charge is -2.35. The average Bonchev–Trinajstić information content (AvgIpc) is 2.91. The van der Waals surface area contributed by atoms with Gasteiger partial charge in [-0.1, -0.05) is 92.7 Å². The summed E-state index contributed by atoms with van der Waals surface area (Å²) in [5.41, 5.74) is 1.61. The van der Waals surface area contributed by atoms with Crippen LogP contribution in [0, 0.1) is 5.92 Å². The molecule has 0 saturated carbocycles. The van der Waals surface area contributed by atoms with Crippen molar-refractivity contribution in [1.29, 1.82) is 0 Å². The highest BCUT2D eigenvalue weighted by Gasteiger charge is 2.36. The van der Waals surface area contributed by atoms with Crippen LogP contribution in [-0.2, 0) is 21.3 Å². The van der Waals surface area contributed by atoms with Crippen molar-refractivity contribution in [1.82, 2.24) is 9.62 Å². The van der Waals surface area contributed by atoms with Crippen molar-refractivity contribution in [3.63, 3.8) is 0 Å². The maximum Gasteiger partial charge on any atom is 0.407 e. The largest absolute Gasteiger partial charge is 0.449 e. The number of nitrogens with one attached hydrogen (secondary N) is 1. The van der Waals surface area contributed by atoms with Crippen LogP contribution in [-0.4, -0.2) is 43.2 Å². The summed E-state index contributed by atoms with van der Waals surface area (Å²) in [7, 11) is -3.92. The molecule has 8 heteroatoms. The van der Waals surface area contributed by atoms with E-state index in [4.69, 9.17) is 4.74 Å². The quantitative estimate of drug-likeness (QED) is 0.323. The molecule has 2 atom stereocenters. The third-order valence-electron chi connectivity index (χ3n) is 6.02. The van der Waals surface area contributed by atoms with E-state index in [1.807, 2.05) is 74.5 Å². The molecule has 0 heterocycles. The topological polar surface area (TPSA) is 95.9 Å². The van der Waals surface area contributed by atoms with Gasteiger partial charge in [0.2, 0.25) is 10.0 Å². The molecule has 0 aromatic heterocycles. The zero-order valence-electron chi connectivity index (χ0n) is 21.4. The van der Waals surface area contributed by atoms with Gasteiger partial charge >= 0.3 is 6.09 Å². The smallest absolute Gasteiger partial charge is 0.407 e. The number of ether oxygens (including phenoxy) is 1. The van der Waals surface area contributed by atoms with Crippen LogP contribution in [0.3, 0.4) is 0 Å². The van der Waals surface area contributed by atoms with Crippen LogP contribution in [0.4, 0.5) is 4.79 Å². The van der Waals surface area contributed by atoms with E-state index in [2.05, 4.69) is 5.32 Å². The minimum atomic E-state index is -3.92. The van der Waals surface area contributed by atoms with Crippen LogP contribution in [0.2, 0.25) is 0 Å². The van der Waals surface area contributed by atoms with Crippen molar-refractivity contribution in [2.24, 2.45) is 5.92 Å². The van der Waals surface area contributed by atoms with Crippen molar-refractivity contribution in [3.8, 4) is 0 Å². The van der Waals surface area contributed by atoms with Crippen molar-refractivity contribution < 1.29 is 23.1 Å². The van der Waals surface area contributed by atoms with E-state index >= 15 is 0 Å². The molecule has 0 radical (unpaired) electrons. The third-order valence-corrected chi connectivity index (χ3v) is 7.91. The molecule has 7 nitrogen and oxygen atoms in total. The average molecular weight is 525 g/mol. The van der Waals surface area contributed by atoms with Crippen LogP contribution in [0.1, 0.15) is 43.9 Å². The summed E-state index contributed by atoms with van der Waals surface area (Å²) in [6.45, 7) is 4.57. The molecular weight excluding hydrogens is 488 g/mol. The maximum absolute atomic E-state index is 13.8. The van der Waals surface area contributed by atoms with Gasteiger partial charge in [-0.3, -0.25) is 0 Å². The van der Waals surface area contributed by atoms with Crippen LogP contribution >= 0.6 is 0 Å². The summed E-state index contributed by atoms with van der Waals surface area (Å²) >= 11 is 0. The number of alkyl carbamates (subject to hydrolysis) is 1. The number of hydrogen-bond donors (Lipinski definition) is 2. The Hall–Kier alpha value is -3.20. The Balaban J connectivity index is 1.77. The molecule has 3 aromatic carbocycles. The van der Waals surface area contributed by atoms with Crippen molar-refractivity contribution in [3.05, 3.63) is 102 Å². The van der Waals surface area contributed by atoms with Gasteiger partial charge in [0.1, 0.15) is 0 Å². The molecule has 37 heavy (non-hydrogen) atoms. The summed E-state index contributed by atoms with van der Waals surface area (Å²) in [4.78, 5) is 12.3. The van der Waals surface area contributed by atoms with Gasteiger partial charge in [-0.05, 0) is 35.6 Å². The van der Waals surface area contributed by atoms with Gasteiger partial charge in [-0.2, -0.15) is 4.31 Å². The highest BCUT2D eigenvalue weighted by Crippen LogP contribution is 2.32. The molecule has 3 rings (SSSR count). The van der Waals surface area contributed by atoms with Gasteiger partial charge in [0.05, 0.1) is 23.6 Å². The Morgan fingerprint density at radius 2 is 1.46 bits per heavy atom. The second-order valence-corrected chi connectivity index (χ2v) is 11.2. The van der Waals surface area contributed by atoms with E-state index in [1.54, 1.807) is 30.3 Å². The molecule has 0 aliphatic heterocycles. The molecule has 0 bridgehead atoms. The molecule has 0 saturated heterocycles. The second-order valence-electron chi connectivity index (χ2n) is 9.30. The molecule has 0 spiro atoms. The van der Waals surface area contributed by atoms with E-state index in [-0.39, 0.29) is 30.4 Å². The van der Waals surface area contributed by atoms with E-state index in [9.17, 15) is 18.3 Å². The zero-order valence-corrected chi connectivity index (χ0v) is 22.2. The predicted molar refractivity (Wildman–Crippen MR) is 144 cm³/mol. The monoisotopic (exact) mass is 524 g/mol. The zero-order chi connectivity index (χ0) is 26.7. The number of sulfonamides is 1. The first-order valence-corrected chi connectivity index (χ1v) is 14.0. The standard InChI is InChI=1S/C29H36N2O5S/c1-23(2)18-20-31(37(34,35)26-16-10-5-11-17-26)28(25-14-8-4-9-15-25)27(32)19-21-36-29(33)30-22-24-12-6-3-7-13-24/h3-17,23,27-28,32H,18-22H2,1-2H3,(H,30,33)/t27?,28-/m0/s1. The molecule has 3 aromatic rings. The van der Waals surface area contributed by atoms with E-state index in [0.717, 1.165) is 5.56 Å². The Morgan fingerprint density at radius 1 is 0.892 bits per heavy atom. The first-order valence-electron chi connectivity index (χ1n) is 12.5. The van der Waals surface area contributed by atoms with Crippen LogP contribution < -0.4 is 5.32 Å². The van der Waals surface area contributed by atoms with Crippen LogP contribution in [0.15, 0.2) is 95.9 Å². The molecule has 0 aliphatic carbocycles. The number of rotatable bonds is 13. The van der Waals surface area contributed by atoms with Crippen molar-refractivity contribution in [2.75, 3.05) is 13.2 Å². The normalized spacial score (nSPS) is 13.3. The highest BCUT2D eigenvalue weighted by molar-refractivity contribution is 7.89. The SMILES string of the molecule is CC(C)CCN([C@@H](c1ccccc1)C(O)CCOC(=O)NCc1ccccc1)S(=O)(=O)c1ccccc1. The van der Waals surface area contributed by atoms with Gasteiger partial charge in [0, 0.05) is 19.5 Å². The Bertz CT molecular complexity index is 1190. The van der Waals surface area contributed by atoms with Crippen molar-refractivity contribution >= 4 is 16.1 Å². The Morgan fingerprint density at radius 3 is 2.05 bits per heavy atom. The van der Waals surface area contributed by atoms with Gasteiger partial charge in [-0.15, -0.1) is 0 Å². The number of aliphatic hydroxyl groups excluding tert-OH is 1. The number of carbonyl (C=O) groups is 1. The predicted octanol–water partition coefficient (Wildman–Crippen LogP) is 5.14. The van der Waals surface area contributed by atoms with Gasteiger partial charge < -0.3 is 15.2 Å². The van der Waals surface area contributed by atoms with Gasteiger partial charge in [0.15, 0.2) is 0 Å². The molecule has 198 valence electrons. The highest BCUT2D eigenvalue weighted by atomic mass is 32.2. The van der Waals surface area contributed by atoms with Crippen LogP contribution in [0.5, 0.6) is 0 Å². The summed E-state index contributed by atoms with van der Waals surface area (Å²) < 4.78 is 34.2. The lowest BCUT2D eigenvalue weighted by molar-refractivity contribution is 0.0564. The molecule has 0 fully saturated rings. The lowest BCUT2D eigenvalue weighted by atomic mass is 9.98. The molecule has 2 N–H and O–H groups in total. The van der Waals surface area contributed by atoms with Gasteiger partial charge in [-0.25, -0.2) is 13.2 Å². The fraction of sp³-hybridized carbons (Fsp3) is 0.345. The number of nitrogens with zero attached hydrogens (tertiary/aromatic N) is 1. The van der Waals surface area contributed by atoms with Gasteiger partial charge in [0.25, 0.3) is 0 Å². The van der Waals surface area contributed by atoms with Crippen LogP contribution in [0.25, 0.3) is 0 Å². The molecule has 1 unspecified atom stereocenters. The Kier molecular flexibility index (Phi) is 10.7. The first kappa shape index (κ1) is 28.4. The fourth-order valence-electron chi connectivity index (χ4n) is 4.00. The van der Waals surface area contributed by atoms with E-state index in [0.29, 0.717) is 18.5 Å². The number of carbonyl (C=O) groups excluding carboxylic acids is 1. The van der Waals surface area contributed by atoms with E-state index < -0.39 is 28.3 Å². The first-order chi connectivity index (χ1) is 17.8. The Labute approximate surface area is 220 Å². The minimum absolute atomic E-state index is 0.0610. The van der Waals surface area contributed by atoms with Crippen molar-refractivity contribution in [2.45, 2.75) is 50.3 Å². The molecule has 1 amide bonds. The summed E-state index contributed by atoms with van der Waals surface area (Å²) in [5.74, 6) is 0.263. The third kappa shape index (κ3) is 8.42. The summed E-state index contributed by atoms with van der Waals surface area (Å²) in [6.07, 6.45) is -1.00. The minimum Gasteiger partial charge on any atom is -0.449 e. The summed E-state index contributed by atoms with van der Waals surface area (Å²) in [6, 6.07) is 26.0.